The fourth-order valence-corrected chi connectivity index (χ4v) is 3.97. The van der Waals surface area contributed by atoms with E-state index in [-0.39, 0.29) is 28.7 Å². The zero-order valence-electron chi connectivity index (χ0n) is 18.6. The molecule has 0 bridgehead atoms. The fourth-order valence-electron chi connectivity index (χ4n) is 2.91. The van der Waals surface area contributed by atoms with Gasteiger partial charge in [-0.3, -0.25) is 14.3 Å². The minimum atomic E-state index is -4.04. The summed E-state index contributed by atoms with van der Waals surface area (Å²) in [6.07, 6.45) is 0. The summed E-state index contributed by atoms with van der Waals surface area (Å²) >= 11 is 0. The number of carbonyl (C=O) groups excluding carboxylic acids is 2. The van der Waals surface area contributed by atoms with Crippen molar-refractivity contribution in [1.82, 2.24) is 5.32 Å². The van der Waals surface area contributed by atoms with Crippen molar-refractivity contribution in [2.75, 3.05) is 23.2 Å². The third-order valence-electron chi connectivity index (χ3n) is 4.69. The van der Waals surface area contributed by atoms with Crippen molar-refractivity contribution < 1.29 is 27.1 Å². The van der Waals surface area contributed by atoms with E-state index in [2.05, 4.69) is 15.4 Å². The van der Waals surface area contributed by atoms with Gasteiger partial charge in [0, 0.05) is 23.5 Å². The van der Waals surface area contributed by atoms with E-state index in [1.165, 1.54) is 43.3 Å². The van der Waals surface area contributed by atoms with E-state index in [4.69, 9.17) is 4.74 Å². The Balaban J connectivity index is 1.65. The van der Waals surface area contributed by atoms with Crippen LogP contribution < -0.4 is 20.1 Å². The van der Waals surface area contributed by atoms with Crippen LogP contribution in [0.4, 0.5) is 15.8 Å². The van der Waals surface area contributed by atoms with Gasteiger partial charge in [0.1, 0.15) is 11.6 Å². The molecule has 3 N–H and O–H groups in total. The summed E-state index contributed by atoms with van der Waals surface area (Å²) in [7, 11) is -4.04. The molecule has 0 heterocycles. The highest BCUT2D eigenvalue weighted by atomic mass is 32.2. The van der Waals surface area contributed by atoms with Crippen LogP contribution in [0.2, 0.25) is 0 Å². The maximum atomic E-state index is 13.8. The highest BCUT2D eigenvalue weighted by molar-refractivity contribution is 7.92. The first-order valence-electron chi connectivity index (χ1n) is 10.4. The number of hydrogen-bond acceptors (Lipinski definition) is 5. The molecule has 0 saturated heterocycles. The first-order valence-corrected chi connectivity index (χ1v) is 11.9. The van der Waals surface area contributed by atoms with E-state index >= 15 is 0 Å². The van der Waals surface area contributed by atoms with Gasteiger partial charge in [-0.15, -0.1) is 0 Å². The second-order valence-corrected chi connectivity index (χ2v) is 9.00. The molecule has 0 fully saturated rings. The van der Waals surface area contributed by atoms with Gasteiger partial charge in [-0.25, -0.2) is 12.8 Å². The van der Waals surface area contributed by atoms with Gasteiger partial charge in [-0.2, -0.15) is 0 Å². The lowest BCUT2D eigenvalue weighted by atomic mass is 10.2. The second kappa shape index (κ2) is 10.8. The number of benzene rings is 3. The van der Waals surface area contributed by atoms with E-state index in [1.54, 1.807) is 24.3 Å². The van der Waals surface area contributed by atoms with E-state index in [0.717, 1.165) is 6.07 Å². The standard InChI is InChI=1S/C24H24FN3O5S/c1-3-26-23(29)15-33-20-10-8-18(9-11-20)27-24(30)17-5-4-6-19(13-17)28-34(31,32)21-12-7-16(2)22(25)14-21/h4-14,28H,3,15H2,1-2H3,(H,26,29)(H,27,30). The summed E-state index contributed by atoms with van der Waals surface area (Å²) in [5.41, 5.74) is 1.19. The molecule has 0 unspecified atom stereocenters. The van der Waals surface area contributed by atoms with Crippen LogP contribution in [0.25, 0.3) is 0 Å². The summed E-state index contributed by atoms with van der Waals surface area (Å²) in [4.78, 5) is 23.9. The molecule has 0 saturated carbocycles. The van der Waals surface area contributed by atoms with Crippen molar-refractivity contribution in [2.24, 2.45) is 0 Å². The molecule has 2 amide bonds. The maximum Gasteiger partial charge on any atom is 0.261 e. The number of halogens is 1. The predicted molar refractivity (Wildman–Crippen MR) is 127 cm³/mol. The smallest absolute Gasteiger partial charge is 0.261 e. The molecule has 0 radical (unpaired) electrons. The lowest BCUT2D eigenvalue weighted by Crippen LogP contribution is -2.28. The van der Waals surface area contributed by atoms with E-state index in [1.807, 2.05) is 6.92 Å². The van der Waals surface area contributed by atoms with Gasteiger partial charge in [-0.05, 0) is 74.0 Å². The van der Waals surface area contributed by atoms with Crippen LogP contribution in [-0.4, -0.2) is 33.4 Å². The third-order valence-corrected chi connectivity index (χ3v) is 6.07. The number of amides is 2. The van der Waals surface area contributed by atoms with Gasteiger partial charge in [0.15, 0.2) is 6.61 Å². The molecule has 0 aliphatic heterocycles. The van der Waals surface area contributed by atoms with E-state index in [9.17, 15) is 22.4 Å². The summed E-state index contributed by atoms with van der Waals surface area (Å²) in [5, 5.41) is 5.33. The van der Waals surface area contributed by atoms with Gasteiger partial charge < -0.3 is 15.4 Å². The monoisotopic (exact) mass is 485 g/mol. The number of hydrogen-bond donors (Lipinski definition) is 3. The summed E-state index contributed by atoms with van der Waals surface area (Å²) in [5.74, 6) is -0.855. The minimum Gasteiger partial charge on any atom is -0.484 e. The lowest BCUT2D eigenvalue weighted by molar-refractivity contribution is -0.122. The van der Waals surface area contributed by atoms with Crippen molar-refractivity contribution in [3.8, 4) is 5.75 Å². The third kappa shape index (κ3) is 6.55. The van der Waals surface area contributed by atoms with Gasteiger partial charge >= 0.3 is 0 Å². The number of anilines is 2. The van der Waals surface area contributed by atoms with E-state index in [0.29, 0.717) is 23.5 Å². The quantitative estimate of drug-likeness (QED) is 0.428. The second-order valence-electron chi connectivity index (χ2n) is 7.32. The Labute approximate surface area is 197 Å². The summed E-state index contributed by atoms with van der Waals surface area (Å²) < 4.78 is 46.7. The molecule has 0 spiro atoms. The fraction of sp³-hybridized carbons (Fsp3) is 0.167. The highest BCUT2D eigenvalue weighted by Gasteiger charge is 2.17. The number of aryl methyl sites for hydroxylation is 1. The molecular weight excluding hydrogens is 461 g/mol. The molecule has 10 heteroatoms. The molecule has 0 atom stereocenters. The summed E-state index contributed by atoms with van der Waals surface area (Å²) in [6, 6.07) is 16.0. The molecule has 3 rings (SSSR count). The number of carbonyl (C=O) groups is 2. The Morgan fingerprint density at radius 3 is 2.38 bits per heavy atom. The lowest BCUT2D eigenvalue weighted by Gasteiger charge is -2.11. The van der Waals surface area contributed by atoms with Gasteiger partial charge in [0.2, 0.25) is 0 Å². The Hall–Kier alpha value is -3.92. The van der Waals surface area contributed by atoms with Crippen LogP contribution in [0.15, 0.2) is 71.6 Å². The molecule has 0 aliphatic rings. The number of rotatable bonds is 9. The Kier molecular flexibility index (Phi) is 7.85. The molecule has 0 aliphatic carbocycles. The van der Waals surface area contributed by atoms with Crippen LogP contribution in [0.1, 0.15) is 22.8 Å². The van der Waals surface area contributed by atoms with Crippen LogP contribution >= 0.6 is 0 Å². The van der Waals surface area contributed by atoms with Crippen molar-refractivity contribution >= 4 is 33.2 Å². The first kappa shape index (κ1) is 24.7. The molecule has 3 aromatic carbocycles. The normalized spacial score (nSPS) is 10.9. The molecule has 3 aromatic rings. The Bertz CT molecular complexity index is 1290. The number of sulfonamides is 1. The highest BCUT2D eigenvalue weighted by Crippen LogP contribution is 2.21. The van der Waals surface area contributed by atoms with Crippen LogP contribution in [0, 0.1) is 12.7 Å². The van der Waals surface area contributed by atoms with Gasteiger partial charge in [0.25, 0.3) is 21.8 Å². The van der Waals surface area contributed by atoms with Crippen molar-refractivity contribution in [3.63, 3.8) is 0 Å². The van der Waals surface area contributed by atoms with Crippen molar-refractivity contribution in [1.29, 1.82) is 0 Å². The van der Waals surface area contributed by atoms with Crippen LogP contribution in [-0.2, 0) is 14.8 Å². The largest absolute Gasteiger partial charge is 0.484 e. The van der Waals surface area contributed by atoms with Crippen molar-refractivity contribution in [2.45, 2.75) is 18.7 Å². The average molecular weight is 486 g/mol. The van der Waals surface area contributed by atoms with Gasteiger partial charge in [-0.1, -0.05) is 12.1 Å². The Morgan fingerprint density at radius 2 is 1.71 bits per heavy atom. The number of ether oxygens (including phenoxy) is 1. The zero-order valence-corrected chi connectivity index (χ0v) is 19.4. The predicted octanol–water partition coefficient (Wildman–Crippen LogP) is 3.70. The summed E-state index contributed by atoms with van der Waals surface area (Å²) in [6.45, 7) is 3.75. The molecule has 0 aromatic heterocycles. The maximum absolute atomic E-state index is 13.8. The van der Waals surface area contributed by atoms with Crippen LogP contribution in [0.5, 0.6) is 5.75 Å². The number of nitrogens with one attached hydrogen (secondary N) is 3. The van der Waals surface area contributed by atoms with Crippen molar-refractivity contribution in [3.05, 3.63) is 83.7 Å². The van der Waals surface area contributed by atoms with Crippen LogP contribution in [0.3, 0.4) is 0 Å². The number of likely N-dealkylation sites (N-methyl/N-ethyl adjacent to an activating group) is 1. The SMILES string of the molecule is CCNC(=O)COc1ccc(NC(=O)c2cccc(NS(=O)(=O)c3ccc(C)c(F)c3)c2)cc1. The minimum absolute atomic E-state index is 0.114. The molecule has 34 heavy (non-hydrogen) atoms. The topological polar surface area (TPSA) is 114 Å². The van der Waals surface area contributed by atoms with Gasteiger partial charge in [0.05, 0.1) is 4.90 Å². The van der Waals surface area contributed by atoms with E-state index < -0.39 is 21.7 Å². The molecule has 8 nitrogen and oxygen atoms in total. The first-order chi connectivity index (χ1) is 16.2. The molecular formula is C24H24FN3O5S. The molecule has 178 valence electrons. The average Bonchev–Trinajstić information content (AvgIpc) is 2.80. The zero-order chi connectivity index (χ0) is 24.7. The Morgan fingerprint density at radius 1 is 0.971 bits per heavy atom.